The monoisotopic (exact) mass is 372 g/mol. The molecule has 0 N–H and O–H groups in total. The van der Waals surface area contributed by atoms with E-state index in [0.717, 1.165) is 5.01 Å². The van der Waals surface area contributed by atoms with Crippen LogP contribution in [0, 0.1) is 10.1 Å². The van der Waals surface area contributed by atoms with Gasteiger partial charge in [0.15, 0.2) is 5.82 Å². The molecule has 1 atom stereocenters. The smallest absolute Gasteiger partial charge is 0.270 e. The van der Waals surface area contributed by atoms with Gasteiger partial charge in [-0.3, -0.25) is 14.7 Å². The van der Waals surface area contributed by atoms with E-state index in [1.165, 1.54) is 12.1 Å². The first-order chi connectivity index (χ1) is 12.6. The van der Waals surface area contributed by atoms with Crippen LogP contribution in [0.2, 0.25) is 0 Å². The molecular weight excluding hydrogens is 356 g/mol. The molecule has 1 unspecified atom stereocenters. The SMILES string of the molecule is Cn1c(-c2cccc([N+](=O)[O-])c2)nnc1N1CCOC(c2nccs2)C1. The number of non-ortho nitro benzene ring substituents is 1. The molecule has 4 rings (SSSR count). The van der Waals surface area contributed by atoms with Gasteiger partial charge >= 0.3 is 0 Å². The fraction of sp³-hybridized carbons (Fsp3) is 0.312. The molecule has 0 aliphatic carbocycles. The van der Waals surface area contributed by atoms with Crippen molar-refractivity contribution >= 4 is 23.0 Å². The number of nitro groups is 1. The summed E-state index contributed by atoms with van der Waals surface area (Å²) in [4.78, 5) is 17.0. The summed E-state index contributed by atoms with van der Waals surface area (Å²) < 4.78 is 7.67. The summed E-state index contributed by atoms with van der Waals surface area (Å²) in [6.07, 6.45) is 1.67. The molecular formula is C16H16N6O3S. The first-order valence-electron chi connectivity index (χ1n) is 8.03. The number of anilines is 1. The van der Waals surface area contributed by atoms with Crippen LogP contribution < -0.4 is 4.90 Å². The average molecular weight is 372 g/mol. The quantitative estimate of drug-likeness (QED) is 0.512. The minimum Gasteiger partial charge on any atom is -0.367 e. The summed E-state index contributed by atoms with van der Waals surface area (Å²) in [6, 6.07) is 6.40. The molecule has 1 fully saturated rings. The van der Waals surface area contributed by atoms with Crippen molar-refractivity contribution in [1.29, 1.82) is 0 Å². The maximum absolute atomic E-state index is 11.0. The molecule has 2 aromatic heterocycles. The summed E-state index contributed by atoms with van der Waals surface area (Å²) in [5.41, 5.74) is 0.687. The second-order valence-electron chi connectivity index (χ2n) is 5.87. The van der Waals surface area contributed by atoms with E-state index in [0.29, 0.717) is 37.0 Å². The number of rotatable bonds is 4. The van der Waals surface area contributed by atoms with Gasteiger partial charge in [-0.2, -0.15) is 0 Å². The van der Waals surface area contributed by atoms with Gasteiger partial charge in [0, 0.05) is 42.9 Å². The number of morpholine rings is 1. The highest BCUT2D eigenvalue weighted by Gasteiger charge is 2.27. The number of thiazole rings is 1. The number of hydrogen-bond donors (Lipinski definition) is 0. The summed E-state index contributed by atoms with van der Waals surface area (Å²) in [6.45, 7) is 1.90. The van der Waals surface area contributed by atoms with Crippen LogP contribution in [-0.4, -0.2) is 44.4 Å². The fourth-order valence-corrected chi connectivity index (χ4v) is 3.66. The average Bonchev–Trinajstić information content (AvgIpc) is 3.32. The van der Waals surface area contributed by atoms with Gasteiger partial charge in [-0.15, -0.1) is 21.5 Å². The van der Waals surface area contributed by atoms with Crippen LogP contribution in [0.3, 0.4) is 0 Å². The third kappa shape index (κ3) is 3.04. The summed E-state index contributed by atoms with van der Waals surface area (Å²) >= 11 is 1.57. The lowest BCUT2D eigenvalue weighted by atomic mass is 10.2. The number of ether oxygens (including phenoxy) is 1. The number of hydrogen-bond acceptors (Lipinski definition) is 8. The van der Waals surface area contributed by atoms with E-state index in [1.54, 1.807) is 29.7 Å². The Labute approximate surface area is 153 Å². The second-order valence-corrected chi connectivity index (χ2v) is 6.79. The Morgan fingerprint density at radius 1 is 1.38 bits per heavy atom. The maximum atomic E-state index is 11.0. The van der Waals surface area contributed by atoms with E-state index < -0.39 is 4.92 Å². The molecule has 1 aromatic carbocycles. The Morgan fingerprint density at radius 2 is 2.27 bits per heavy atom. The standard InChI is InChI=1S/C16H16N6O3S/c1-20-14(11-3-2-4-12(9-11)22(23)24)18-19-16(20)21-6-7-25-13(10-21)15-17-5-8-26-15/h2-5,8-9,13H,6-7,10H2,1H3. The molecule has 3 aromatic rings. The lowest BCUT2D eigenvalue weighted by molar-refractivity contribution is -0.384. The van der Waals surface area contributed by atoms with Gasteiger partial charge in [-0.05, 0) is 0 Å². The van der Waals surface area contributed by atoms with Gasteiger partial charge in [0.25, 0.3) is 5.69 Å². The molecule has 1 saturated heterocycles. The van der Waals surface area contributed by atoms with E-state index in [1.807, 2.05) is 17.0 Å². The van der Waals surface area contributed by atoms with Gasteiger partial charge < -0.3 is 9.64 Å². The second kappa shape index (κ2) is 6.81. The summed E-state index contributed by atoms with van der Waals surface area (Å²) in [5, 5.41) is 22.4. The van der Waals surface area contributed by atoms with Crippen molar-refractivity contribution in [2.24, 2.45) is 7.05 Å². The number of aromatic nitrogens is 4. The Balaban J connectivity index is 1.61. The van der Waals surface area contributed by atoms with Crippen LogP contribution in [0.25, 0.3) is 11.4 Å². The first-order valence-corrected chi connectivity index (χ1v) is 8.91. The van der Waals surface area contributed by atoms with Gasteiger partial charge in [0.05, 0.1) is 18.1 Å². The van der Waals surface area contributed by atoms with Gasteiger partial charge in [-0.1, -0.05) is 12.1 Å². The normalized spacial score (nSPS) is 17.4. The van der Waals surface area contributed by atoms with Crippen molar-refractivity contribution in [2.45, 2.75) is 6.10 Å². The summed E-state index contributed by atoms with van der Waals surface area (Å²) in [5.74, 6) is 1.29. The van der Waals surface area contributed by atoms with E-state index in [4.69, 9.17) is 4.74 Å². The molecule has 3 heterocycles. The largest absolute Gasteiger partial charge is 0.367 e. The van der Waals surface area contributed by atoms with Crippen LogP contribution in [0.1, 0.15) is 11.1 Å². The predicted molar refractivity (Wildman–Crippen MR) is 96.1 cm³/mol. The molecule has 1 aliphatic heterocycles. The van der Waals surface area contributed by atoms with Gasteiger partial charge in [0.1, 0.15) is 11.1 Å². The van der Waals surface area contributed by atoms with E-state index in [9.17, 15) is 10.1 Å². The maximum Gasteiger partial charge on any atom is 0.270 e. The zero-order chi connectivity index (χ0) is 18.1. The molecule has 9 nitrogen and oxygen atoms in total. The van der Waals surface area contributed by atoms with Crippen molar-refractivity contribution < 1.29 is 9.66 Å². The van der Waals surface area contributed by atoms with Crippen molar-refractivity contribution in [1.82, 2.24) is 19.7 Å². The van der Waals surface area contributed by atoms with Crippen molar-refractivity contribution in [3.63, 3.8) is 0 Å². The number of nitro benzene ring substituents is 1. The Morgan fingerprint density at radius 3 is 3.04 bits per heavy atom. The highest BCUT2D eigenvalue weighted by atomic mass is 32.1. The topological polar surface area (TPSA) is 99.2 Å². The van der Waals surface area contributed by atoms with E-state index >= 15 is 0 Å². The molecule has 0 radical (unpaired) electrons. The Kier molecular flexibility index (Phi) is 4.35. The zero-order valence-corrected chi connectivity index (χ0v) is 14.8. The lowest BCUT2D eigenvalue weighted by Gasteiger charge is -2.32. The molecule has 26 heavy (non-hydrogen) atoms. The summed E-state index contributed by atoms with van der Waals surface area (Å²) in [7, 11) is 1.86. The first kappa shape index (κ1) is 16.6. The molecule has 0 spiro atoms. The number of benzene rings is 1. The van der Waals surface area contributed by atoms with Crippen molar-refractivity contribution in [3.8, 4) is 11.4 Å². The highest BCUT2D eigenvalue weighted by molar-refractivity contribution is 7.09. The third-order valence-corrected chi connectivity index (χ3v) is 5.11. The Bertz CT molecular complexity index is 926. The molecule has 1 aliphatic rings. The molecule has 0 bridgehead atoms. The minimum atomic E-state index is -0.415. The molecule has 134 valence electrons. The van der Waals surface area contributed by atoms with Gasteiger partial charge in [0.2, 0.25) is 5.95 Å². The molecule has 0 amide bonds. The van der Waals surface area contributed by atoms with E-state index in [-0.39, 0.29) is 11.8 Å². The van der Waals surface area contributed by atoms with Gasteiger partial charge in [-0.25, -0.2) is 4.98 Å². The van der Waals surface area contributed by atoms with Crippen LogP contribution >= 0.6 is 11.3 Å². The zero-order valence-electron chi connectivity index (χ0n) is 14.0. The molecule has 0 saturated carbocycles. The van der Waals surface area contributed by atoms with Crippen LogP contribution in [0.4, 0.5) is 11.6 Å². The van der Waals surface area contributed by atoms with Crippen molar-refractivity contribution in [3.05, 3.63) is 51.0 Å². The fourth-order valence-electron chi connectivity index (χ4n) is 2.98. The third-order valence-electron chi connectivity index (χ3n) is 4.24. The minimum absolute atomic E-state index is 0.0299. The highest BCUT2D eigenvalue weighted by Crippen LogP contribution is 2.29. The van der Waals surface area contributed by atoms with Crippen molar-refractivity contribution in [2.75, 3.05) is 24.6 Å². The lowest BCUT2D eigenvalue weighted by Crippen LogP contribution is -2.39. The van der Waals surface area contributed by atoms with Crippen LogP contribution in [-0.2, 0) is 11.8 Å². The predicted octanol–water partition coefficient (Wildman–Crippen LogP) is 2.42. The van der Waals surface area contributed by atoms with Crippen LogP contribution in [0.15, 0.2) is 35.8 Å². The number of nitrogens with zero attached hydrogens (tertiary/aromatic N) is 6. The molecule has 10 heteroatoms. The van der Waals surface area contributed by atoms with Crippen LogP contribution in [0.5, 0.6) is 0 Å². The van der Waals surface area contributed by atoms with E-state index in [2.05, 4.69) is 20.1 Å². The Hall–Kier alpha value is -2.85.